The summed E-state index contributed by atoms with van der Waals surface area (Å²) in [6, 6.07) is 6.29. The van der Waals surface area contributed by atoms with Gasteiger partial charge in [0.15, 0.2) is 5.76 Å². The van der Waals surface area contributed by atoms with Crippen LogP contribution in [0.5, 0.6) is 0 Å². The maximum absolute atomic E-state index is 12.9. The van der Waals surface area contributed by atoms with Crippen molar-refractivity contribution in [1.82, 2.24) is 10.5 Å². The fourth-order valence-electron chi connectivity index (χ4n) is 2.91. The van der Waals surface area contributed by atoms with Crippen LogP contribution in [-0.4, -0.2) is 17.2 Å². The van der Waals surface area contributed by atoms with Gasteiger partial charge in [-0.25, -0.2) is 9.18 Å². The first-order chi connectivity index (χ1) is 11.1. The van der Waals surface area contributed by atoms with Crippen molar-refractivity contribution in [1.29, 1.82) is 0 Å². The lowest BCUT2D eigenvalue weighted by molar-refractivity contribution is 0.251. The van der Waals surface area contributed by atoms with E-state index in [1.807, 2.05) is 6.92 Å². The summed E-state index contributed by atoms with van der Waals surface area (Å²) in [5.41, 5.74) is 2.45. The van der Waals surface area contributed by atoms with Crippen molar-refractivity contribution in [3.8, 4) is 0 Å². The second-order valence-electron chi connectivity index (χ2n) is 6.38. The number of hydrogen-bond acceptors (Lipinski definition) is 3. The lowest BCUT2D eigenvalue weighted by Crippen LogP contribution is -2.31. The molecule has 4 rings (SSSR count). The quantitative estimate of drug-likeness (QED) is 0.904. The van der Waals surface area contributed by atoms with E-state index >= 15 is 0 Å². The van der Waals surface area contributed by atoms with Gasteiger partial charge in [-0.05, 0) is 43.9 Å². The van der Waals surface area contributed by atoms with Gasteiger partial charge in [0.25, 0.3) is 0 Å². The summed E-state index contributed by atoms with van der Waals surface area (Å²) in [5.74, 6) is 1.18. The Hall–Kier alpha value is -2.37. The molecule has 1 aromatic heterocycles. The molecule has 0 aliphatic heterocycles. The first kappa shape index (κ1) is 14.2. The van der Waals surface area contributed by atoms with Crippen LogP contribution in [0.25, 0.3) is 0 Å². The Morgan fingerprint density at radius 1 is 1.30 bits per heavy atom. The van der Waals surface area contributed by atoms with Crippen LogP contribution in [0.3, 0.4) is 0 Å². The van der Waals surface area contributed by atoms with Crippen LogP contribution in [0.1, 0.15) is 48.1 Å². The number of amides is 2. The number of carbonyl (C=O) groups excluding carboxylic acids is 1. The van der Waals surface area contributed by atoms with Gasteiger partial charge >= 0.3 is 6.03 Å². The van der Waals surface area contributed by atoms with E-state index < -0.39 is 0 Å². The minimum absolute atomic E-state index is 0.0880. The SMILES string of the molecule is Cc1noc(C2CC2)c1NC(=O)N[C@@H]1C[C@H]1c1ccc(F)cc1. The number of nitrogens with one attached hydrogen (secondary N) is 2. The first-order valence-corrected chi connectivity index (χ1v) is 7.91. The minimum Gasteiger partial charge on any atom is -0.359 e. The van der Waals surface area contributed by atoms with E-state index in [2.05, 4.69) is 15.8 Å². The summed E-state index contributed by atoms with van der Waals surface area (Å²) in [6.07, 6.45) is 3.04. The topological polar surface area (TPSA) is 67.2 Å². The fraction of sp³-hybridized carbons (Fsp3) is 0.412. The molecule has 120 valence electrons. The summed E-state index contributed by atoms with van der Waals surface area (Å²) in [7, 11) is 0. The molecule has 2 saturated carbocycles. The van der Waals surface area contributed by atoms with Gasteiger partial charge in [0, 0.05) is 17.9 Å². The molecule has 0 bridgehead atoms. The highest BCUT2D eigenvalue weighted by molar-refractivity contribution is 5.91. The van der Waals surface area contributed by atoms with Crippen molar-refractivity contribution in [2.24, 2.45) is 0 Å². The molecular formula is C17H18FN3O2. The van der Waals surface area contributed by atoms with Crippen molar-refractivity contribution in [2.75, 3.05) is 5.32 Å². The van der Waals surface area contributed by atoms with E-state index in [0.717, 1.165) is 30.6 Å². The molecule has 5 nitrogen and oxygen atoms in total. The van der Waals surface area contributed by atoms with Crippen LogP contribution in [0, 0.1) is 12.7 Å². The molecule has 1 aromatic carbocycles. The predicted molar refractivity (Wildman–Crippen MR) is 82.9 cm³/mol. The third-order valence-electron chi connectivity index (χ3n) is 4.48. The average molecular weight is 315 g/mol. The second kappa shape index (κ2) is 5.37. The number of anilines is 1. The second-order valence-corrected chi connectivity index (χ2v) is 6.38. The summed E-state index contributed by atoms with van der Waals surface area (Å²) >= 11 is 0. The van der Waals surface area contributed by atoms with E-state index in [4.69, 9.17) is 4.52 Å². The number of nitrogens with zero attached hydrogens (tertiary/aromatic N) is 1. The van der Waals surface area contributed by atoms with E-state index in [1.54, 1.807) is 12.1 Å². The number of urea groups is 1. The van der Waals surface area contributed by atoms with Crippen molar-refractivity contribution < 1.29 is 13.7 Å². The number of aromatic nitrogens is 1. The summed E-state index contributed by atoms with van der Waals surface area (Å²) < 4.78 is 18.3. The largest absolute Gasteiger partial charge is 0.359 e. The Morgan fingerprint density at radius 2 is 2.04 bits per heavy atom. The molecule has 2 atom stereocenters. The number of carbonyl (C=O) groups is 1. The van der Waals surface area contributed by atoms with Gasteiger partial charge in [-0.3, -0.25) is 0 Å². The zero-order valence-electron chi connectivity index (χ0n) is 12.8. The molecule has 0 saturated heterocycles. The van der Waals surface area contributed by atoms with Crippen molar-refractivity contribution >= 4 is 11.7 Å². The van der Waals surface area contributed by atoms with Crippen LogP contribution in [-0.2, 0) is 0 Å². The number of rotatable bonds is 4. The molecule has 0 spiro atoms. The predicted octanol–water partition coefficient (Wildman–Crippen LogP) is 3.68. The Kier molecular flexibility index (Phi) is 3.32. The highest BCUT2D eigenvalue weighted by atomic mass is 19.1. The summed E-state index contributed by atoms with van der Waals surface area (Å²) in [4.78, 5) is 12.2. The number of benzene rings is 1. The Morgan fingerprint density at radius 3 is 2.74 bits per heavy atom. The highest BCUT2D eigenvalue weighted by Gasteiger charge is 2.40. The lowest BCUT2D eigenvalue weighted by atomic mass is 10.1. The van der Waals surface area contributed by atoms with E-state index in [9.17, 15) is 9.18 Å². The van der Waals surface area contributed by atoms with Crippen molar-refractivity contribution in [2.45, 2.75) is 44.1 Å². The maximum Gasteiger partial charge on any atom is 0.319 e. The van der Waals surface area contributed by atoms with Crippen LogP contribution in [0.15, 0.2) is 28.8 Å². The van der Waals surface area contributed by atoms with E-state index in [-0.39, 0.29) is 23.8 Å². The molecular weight excluding hydrogens is 297 g/mol. The monoisotopic (exact) mass is 315 g/mol. The van der Waals surface area contributed by atoms with Gasteiger partial charge in [-0.1, -0.05) is 17.3 Å². The average Bonchev–Trinajstić information content (AvgIpc) is 3.43. The lowest BCUT2D eigenvalue weighted by Gasteiger charge is -2.07. The standard InChI is InChI=1S/C17H18FN3O2/c1-9-15(16(23-21-9)11-2-3-11)20-17(22)19-14-8-13(14)10-4-6-12(18)7-5-10/h4-7,11,13-14H,2-3,8H2,1H3,(H2,19,20,22)/t13-,14+/m0/s1. The molecule has 2 aliphatic rings. The van der Waals surface area contributed by atoms with Crippen molar-refractivity contribution in [3.05, 3.63) is 47.1 Å². The van der Waals surface area contributed by atoms with Crippen LogP contribution >= 0.6 is 0 Å². The summed E-state index contributed by atoms with van der Waals surface area (Å²) in [5, 5.41) is 9.77. The van der Waals surface area contributed by atoms with Gasteiger partial charge in [0.2, 0.25) is 0 Å². The first-order valence-electron chi connectivity index (χ1n) is 7.91. The molecule has 2 aromatic rings. The maximum atomic E-state index is 12.9. The smallest absolute Gasteiger partial charge is 0.319 e. The van der Waals surface area contributed by atoms with Crippen molar-refractivity contribution in [3.63, 3.8) is 0 Å². The molecule has 2 amide bonds. The highest BCUT2D eigenvalue weighted by Crippen LogP contribution is 2.44. The van der Waals surface area contributed by atoms with Crippen LogP contribution < -0.4 is 10.6 Å². The molecule has 2 aliphatic carbocycles. The fourth-order valence-corrected chi connectivity index (χ4v) is 2.91. The molecule has 6 heteroatoms. The minimum atomic E-state index is -0.243. The van der Waals surface area contributed by atoms with Gasteiger partial charge in [-0.15, -0.1) is 0 Å². The van der Waals surface area contributed by atoms with Gasteiger partial charge < -0.3 is 15.2 Å². The van der Waals surface area contributed by atoms with Crippen LogP contribution in [0.4, 0.5) is 14.9 Å². The molecule has 23 heavy (non-hydrogen) atoms. The van der Waals surface area contributed by atoms with E-state index in [1.165, 1.54) is 12.1 Å². The Bertz CT molecular complexity index is 737. The van der Waals surface area contributed by atoms with E-state index in [0.29, 0.717) is 17.3 Å². The molecule has 2 N–H and O–H groups in total. The summed E-state index contributed by atoms with van der Waals surface area (Å²) in [6.45, 7) is 1.82. The number of aryl methyl sites for hydroxylation is 1. The molecule has 0 unspecified atom stereocenters. The number of hydrogen-bond donors (Lipinski definition) is 2. The molecule has 0 radical (unpaired) electrons. The number of halogens is 1. The Labute approximate surface area is 133 Å². The molecule has 2 fully saturated rings. The van der Waals surface area contributed by atoms with Gasteiger partial charge in [0.1, 0.15) is 17.2 Å². The zero-order valence-corrected chi connectivity index (χ0v) is 12.8. The Balaban J connectivity index is 1.36. The normalized spacial score (nSPS) is 22.7. The third-order valence-corrected chi connectivity index (χ3v) is 4.48. The van der Waals surface area contributed by atoms with Gasteiger partial charge in [-0.2, -0.15) is 0 Å². The molecule has 1 heterocycles. The van der Waals surface area contributed by atoms with Crippen LogP contribution in [0.2, 0.25) is 0 Å². The zero-order chi connectivity index (χ0) is 16.0. The third kappa shape index (κ3) is 2.93. The van der Waals surface area contributed by atoms with Gasteiger partial charge in [0.05, 0.1) is 0 Å².